The number of likely N-dealkylation sites (N-methyl/N-ethyl adjacent to an activating group) is 1. The highest BCUT2D eigenvalue weighted by Crippen LogP contribution is 2.14. The van der Waals surface area contributed by atoms with Crippen LogP contribution in [0.3, 0.4) is 0 Å². The zero-order valence-electron chi connectivity index (χ0n) is 12.0. The van der Waals surface area contributed by atoms with E-state index in [-0.39, 0.29) is 5.97 Å². The third-order valence-corrected chi connectivity index (χ3v) is 3.75. The van der Waals surface area contributed by atoms with Crippen LogP contribution < -0.4 is 5.73 Å². The summed E-state index contributed by atoms with van der Waals surface area (Å²) in [5.41, 5.74) is 7.01. The minimum absolute atomic E-state index is 0.321. The molecule has 5 nitrogen and oxygen atoms in total. The van der Waals surface area contributed by atoms with Crippen LogP contribution in [0.25, 0.3) is 0 Å². The maximum atomic E-state index is 12.2. The lowest BCUT2D eigenvalue weighted by molar-refractivity contribution is -1.09. The van der Waals surface area contributed by atoms with Gasteiger partial charge in [-0.15, -0.1) is 4.65 Å². The van der Waals surface area contributed by atoms with E-state index < -0.39 is 6.04 Å². The molecule has 1 atom stereocenters. The van der Waals surface area contributed by atoms with Gasteiger partial charge in [-0.1, -0.05) is 30.3 Å². The highest BCUT2D eigenvalue weighted by atomic mass is 16.8. The van der Waals surface area contributed by atoms with Crippen molar-refractivity contribution in [3.63, 3.8) is 0 Å². The molecule has 1 heterocycles. The molecule has 2 N–H and O–H groups in total. The third-order valence-electron chi connectivity index (χ3n) is 3.75. The van der Waals surface area contributed by atoms with Crippen molar-refractivity contribution in [2.45, 2.75) is 19.4 Å². The van der Waals surface area contributed by atoms with Crippen molar-refractivity contribution >= 4 is 5.97 Å². The SMILES string of the molecule is CC[N+]1(OC(=O)[C@@H](N)Cc2ccccc2)CCOCC1. The van der Waals surface area contributed by atoms with E-state index in [0.29, 0.717) is 37.4 Å². The average molecular weight is 279 g/mol. The van der Waals surface area contributed by atoms with Gasteiger partial charge in [0.15, 0.2) is 0 Å². The van der Waals surface area contributed by atoms with Crippen LogP contribution in [0.15, 0.2) is 30.3 Å². The van der Waals surface area contributed by atoms with E-state index in [2.05, 4.69) is 0 Å². The molecule has 0 amide bonds. The highest BCUT2D eigenvalue weighted by Gasteiger charge is 2.35. The number of quaternary nitrogens is 1. The summed E-state index contributed by atoms with van der Waals surface area (Å²) >= 11 is 0. The van der Waals surface area contributed by atoms with E-state index in [1.807, 2.05) is 37.3 Å². The van der Waals surface area contributed by atoms with Crippen molar-refractivity contribution in [2.75, 3.05) is 32.8 Å². The van der Waals surface area contributed by atoms with Crippen molar-refractivity contribution in [2.24, 2.45) is 5.73 Å². The van der Waals surface area contributed by atoms with E-state index in [4.69, 9.17) is 15.3 Å². The number of nitrogens with two attached hydrogens (primary N) is 1. The zero-order chi connectivity index (χ0) is 14.4. The molecule has 1 saturated heterocycles. The molecule has 0 bridgehead atoms. The Bertz CT molecular complexity index is 430. The number of rotatable bonds is 5. The molecule has 0 spiro atoms. The number of benzene rings is 1. The molecule has 20 heavy (non-hydrogen) atoms. The fourth-order valence-corrected chi connectivity index (χ4v) is 2.36. The maximum Gasteiger partial charge on any atom is 0.383 e. The lowest BCUT2D eigenvalue weighted by atomic mass is 10.1. The van der Waals surface area contributed by atoms with E-state index in [1.54, 1.807) is 0 Å². The van der Waals surface area contributed by atoms with Gasteiger partial charge in [-0.2, -0.15) is 0 Å². The Morgan fingerprint density at radius 3 is 2.60 bits per heavy atom. The summed E-state index contributed by atoms with van der Waals surface area (Å²) in [7, 11) is 0. The molecule has 1 aromatic carbocycles. The molecule has 0 unspecified atom stereocenters. The molecule has 1 aliphatic rings. The Kier molecular flexibility index (Phi) is 5.11. The van der Waals surface area contributed by atoms with Crippen LogP contribution in [0.1, 0.15) is 12.5 Å². The Hall–Kier alpha value is -1.43. The van der Waals surface area contributed by atoms with E-state index in [1.165, 1.54) is 0 Å². The molecule has 1 aromatic rings. The fourth-order valence-electron chi connectivity index (χ4n) is 2.36. The Labute approximate surface area is 119 Å². The highest BCUT2D eigenvalue weighted by molar-refractivity contribution is 5.75. The fraction of sp³-hybridized carbons (Fsp3) is 0.533. The minimum Gasteiger partial charge on any atom is -0.369 e. The van der Waals surface area contributed by atoms with Crippen molar-refractivity contribution in [3.8, 4) is 0 Å². The van der Waals surface area contributed by atoms with Gasteiger partial charge in [0.05, 0.1) is 13.2 Å². The molecule has 2 rings (SSSR count). The Balaban J connectivity index is 1.93. The Morgan fingerprint density at radius 2 is 2.00 bits per heavy atom. The molecule has 0 saturated carbocycles. The standard InChI is InChI=1S/C15H23N2O3/c1-2-17(8-10-19-11-9-17)20-15(18)14(16)12-13-6-4-3-5-7-13/h3-7,14H,2,8-12,16H2,1H3/q+1/t14-/m0/s1. The van der Waals surface area contributed by atoms with Crippen LogP contribution >= 0.6 is 0 Å². The minimum atomic E-state index is -0.623. The number of hydrogen-bond donors (Lipinski definition) is 1. The first-order valence-corrected chi connectivity index (χ1v) is 7.12. The van der Waals surface area contributed by atoms with E-state index >= 15 is 0 Å². The van der Waals surface area contributed by atoms with Gasteiger partial charge < -0.3 is 10.5 Å². The molecule has 0 aromatic heterocycles. The van der Waals surface area contributed by atoms with Crippen molar-refractivity contribution < 1.29 is 19.0 Å². The molecule has 1 aliphatic heterocycles. The average Bonchev–Trinajstić information content (AvgIpc) is 2.49. The van der Waals surface area contributed by atoms with Crippen LogP contribution in [-0.4, -0.2) is 49.5 Å². The first-order chi connectivity index (χ1) is 9.65. The predicted molar refractivity (Wildman–Crippen MR) is 75.6 cm³/mol. The number of carbonyl (C=O) groups excluding carboxylic acids is 1. The molecular weight excluding hydrogens is 256 g/mol. The number of morpholine rings is 1. The number of nitrogens with zero attached hydrogens (tertiary/aromatic N) is 1. The molecule has 0 aliphatic carbocycles. The molecule has 0 radical (unpaired) electrons. The second-order valence-electron chi connectivity index (χ2n) is 5.14. The summed E-state index contributed by atoms with van der Waals surface area (Å²) in [4.78, 5) is 17.8. The van der Waals surface area contributed by atoms with Crippen molar-refractivity contribution in [3.05, 3.63) is 35.9 Å². The summed E-state index contributed by atoms with van der Waals surface area (Å²) in [5, 5.41) is 0. The normalized spacial score (nSPS) is 19.3. The van der Waals surface area contributed by atoms with Gasteiger partial charge in [0.1, 0.15) is 25.7 Å². The second-order valence-corrected chi connectivity index (χ2v) is 5.14. The van der Waals surface area contributed by atoms with Crippen LogP contribution in [-0.2, 0) is 20.8 Å². The third kappa shape index (κ3) is 3.79. The number of carbonyl (C=O) groups is 1. The van der Waals surface area contributed by atoms with Gasteiger partial charge in [-0.3, -0.25) is 4.84 Å². The monoisotopic (exact) mass is 279 g/mol. The smallest absolute Gasteiger partial charge is 0.369 e. The van der Waals surface area contributed by atoms with Crippen LogP contribution in [0.2, 0.25) is 0 Å². The van der Waals surface area contributed by atoms with Gasteiger partial charge in [0.2, 0.25) is 0 Å². The lowest BCUT2D eigenvalue weighted by Gasteiger charge is -2.36. The molecule has 110 valence electrons. The van der Waals surface area contributed by atoms with Crippen LogP contribution in [0.4, 0.5) is 0 Å². The van der Waals surface area contributed by atoms with Crippen LogP contribution in [0, 0.1) is 0 Å². The van der Waals surface area contributed by atoms with Crippen molar-refractivity contribution in [1.29, 1.82) is 0 Å². The van der Waals surface area contributed by atoms with Gasteiger partial charge >= 0.3 is 5.97 Å². The van der Waals surface area contributed by atoms with Gasteiger partial charge in [-0.05, 0) is 18.9 Å². The van der Waals surface area contributed by atoms with E-state index in [0.717, 1.165) is 12.1 Å². The molecule has 1 fully saturated rings. The zero-order valence-corrected chi connectivity index (χ0v) is 12.0. The van der Waals surface area contributed by atoms with Gasteiger partial charge in [-0.25, -0.2) is 4.79 Å². The number of hydroxylamine groups is 3. The molecular formula is C15H23N2O3+. The Morgan fingerprint density at radius 1 is 1.35 bits per heavy atom. The summed E-state index contributed by atoms with van der Waals surface area (Å²) in [6, 6.07) is 9.13. The van der Waals surface area contributed by atoms with E-state index in [9.17, 15) is 4.79 Å². The largest absolute Gasteiger partial charge is 0.383 e. The summed E-state index contributed by atoms with van der Waals surface area (Å²) in [6.45, 7) is 5.39. The summed E-state index contributed by atoms with van der Waals surface area (Å²) < 4.78 is 5.65. The predicted octanol–water partition coefficient (Wildman–Crippen LogP) is 0.881. The summed E-state index contributed by atoms with van der Waals surface area (Å²) in [6.07, 6.45) is 0.500. The second kappa shape index (κ2) is 6.83. The first-order valence-electron chi connectivity index (χ1n) is 7.12. The van der Waals surface area contributed by atoms with Gasteiger partial charge in [0.25, 0.3) is 0 Å². The lowest BCUT2D eigenvalue weighted by Crippen LogP contribution is -2.57. The quantitative estimate of drug-likeness (QED) is 0.813. The van der Waals surface area contributed by atoms with Crippen molar-refractivity contribution in [1.82, 2.24) is 0 Å². The molecule has 5 heteroatoms. The van der Waals surface area contributed by atoms with Crippen LogP contribution in [0.5, 0.6) is 0 Å². The summed E-state index contributed by atoms with van der Waals surface area (Å²) in [5.74, 6) is -0.336. The topological polar surface area (TPSA) is 61.5 Å². The number of hydrogen-bond acceptors (Lipinski definition) is 4. The van der Waals surface area contributed by atoms with Gasteiger partial charge in [0, 0.05) is 0 Å². The first kappa shape index (κ1) is 15.0. The maximum absolute atomic E-state index is 12.2. The number of ether oxygens (including phenoxy) is 1.